The molecule has 0 spiro atoms. The molecule has 0 saturated carbocycles. The molecule has 0 fully saturated rings. The van der Waals surface area contributed by atoms with Crippen LogP contribution in [0.2, 0.25) is 0 Å². The van der Waals surface area contributed by atoms with Crippen LogP contribution in [0.3, 0.4) is 0 Å². The van der Waals surface area contributed by atoms with E-state index in [-0.39, 0.29) is 54.9 Å². The van der Waals surface area contributed by atoms with Crippen molar-refractivity contribution in [1.29, 1.82) is 0 Å². The van der Waals surface area contributed by atoms with E-state index in [9.17, 15) is 0 Å². The Morgan fingerprint density at radius 1 is 1.67 bits per heavy atom. The van der Waals surface area contributed by atoms with E-state index in [0.29, 0.717) is 0 Å². The zero-order chi connectivity index (χ0) is 3.58. The zero-order valence-corrected chi connectivity index (χ0v) is 5.57. The molecule has 0 saturated heterocycles. The van der Waals surface area contributed by atoms with Crippen molar-refractivity contribution >= 4 is 5.97 Å². The fourth-order valence-electron chi connectivity index (χ4n) is 0. The third-order valence-corrected chi connectivity index (χ3v) is 0. The number of carbonyl (C=O) groups excluding carboxylic acids is 1. The first-order valence-corrected chi connectivity index (χ1v) is 0.908. The average Bonchev–Trinajstić information content (AvgIpc) is 0.811. The van der Waals surface area contributed by atoms with Crippen LogP contribution in [0.15, 0.2) is 0 Å². The summed E-state index contributed by atoms with van der Waals surface area (Å²) in [6.45, 7) is 0.972. The topological polar surface area (TPSA) is 70.1 Å². The third kappa shape index (κ3) is 78.5. The van der Waals surface area contributed by atoms with E-state index < -0.39 is 5.97 Å². The number of hydrogen-bond donors (Lipinski definition) is 0. The Labute approximate surface area is 76.6 Å². The Kier molecular flexibility index (Phi) is 24.6. The summed E-state index contributed by atoms with van der Waals surface area (Å²) < 4.78 is 0. The Balaban J connectivity index is -0.0000000450. The molecule has 0 aromatic rings. The van der Waals surface area contributed by atoms with E-state index in [0.717, 1.165) is 6.92 Å². The van der Waals surface area contributed by atoms with Gasteiger partial charge in [-0.3, -0.25) is 0 Å². The van der Waals surface area contributed by atoms with Gasteiger partial charge in [0, 0.05) is 5.97 Å². The van der Waals surface area contributed by atoms with Crippen molar-refractivity contribution in [2.24, 2.45) is 0 Å². The third-order valence-electron chi connectivity index (χ3n) is 0. The number of rotatable bonds is 0. The van der Waals surface area contributed by atoms with Gasteiger partial charge < -0.3 is 15.4 Å². The first-order valence-electron chi connectivity index (χ1n) is 0.908. The van der Waals surface area contributed by atoms with E-state index >= 15 is 0 Å². The summed E-state index contributed by atoms with van der Waals surface area (Å²) in [7, 11) is 0. The van der Waals surface area contributed by atoms with E-state index in [2.05, 4.69) is 0 Å². The molecule has 1 radical (unpaired) electrons. The van der Waals surface area contributed by atoms with E-state index in [1.54, 1.807) is 0 Å². The standard InChI is InChI=1S/C2H4O2.Eu.H2O/c1-2(3)4;;/h1H3,(H,3,4);;1H2/q;+2;/p-2. The summed E-state index contributed by atoms with van der Waals surface area (Å²) in [5.41, 5.74) is 0. The first kappa shape index (κ1) is 15.7. The van der Waals surface area contributed by atoms with Gasteiger partial charge in [-0.1, -0.05) is 0 Å². The smallest absolute Gasteiger partial charge is 0.870 e. The van der Waals surface area contributed by atoms with Gasteiger partial charge in [0.15, 0.2) is 0 Å². The van der Waals surface area contributed by atoms with Gasteiger partial charge in [-0.15, -0.1) is 0 Å². The molecule has 0 aromatic carbocycles. The molecule has 3 nitrogen and oxygen atoms in total. The van der Waals surface area contributed by atoms with Crippen LogP contribution in [0, 0.1) is 49.4 Å². The van der Waals surface area contributed by atoms with Crippen LogP contribution in [0.4, 0.5) is 0 Å². The Morgan fingerprint density at radius 3 is 1.67 bits per heavy atom. The maximum Gasteiger partial charge on any atom is 2.00 e. The Hall–Kier alpha value is 1.01. The van der Waals surface area contributed by atoms with Gasteiger partial charge in [0.1, 0.15) is 0 Å². The molecule has 0 aliphatic rings. The van der Waals surface area contributed by atoms with Gasteiger partial charge in [0.2, 0.25) is 0 Å². The monoisotopic (exact) mass is 229 g/mol. The van der Waals surface area contributed by atoms with Crippen LogP contribution >= 0.6 is 0 Å². The van der Waals surface area contributed by atoms with Gasteiger partial charge in [0.25, 0.3) is 0 Å². The minimum absolute atomic E-state index is 0. The summed E-state index contributed by atoms with van der Waals surface area (Å²) in [5.74, 6) is -1.08. The van der Waals surface area contributed by atoms with Gasteiger partial charge in [-0.05, 0) is 6.92 Å². The van der Waals surface area contributed by atoms with Crippen molar-refractivity contribution in [3.63, 3.8) is 0 Å². The molecule has 0 aliphatic carbocycles. The van der Waals surface area contributed by atoms with Crippen molar-refractivity contribution in [2.75, 3.05) is 0 Å². The van der Waals surface area contributed by atoms with Crippen molar-refractivity contribution in [3.8, 4) is 0 Å². The Bertz CT molecular complexity index is 31.8. The molecule has 0 heterocycles. The molecule has 0 unspecified atom stereocenters. The number of aliphatic carboxylic acids is 1. The number of hydrogen-bond acceptors (Lipinski definition) is 3. The second kappa shape index (κ2) is 9.38. The second-order valence-corrected chi connectivity index (χ2v) is 0.492. The summed E-state index contributed by atoms with van der Waals surface area (Å²) in [6, 6.07) is 0. The molecule has 4 heteroatoms. The largest absolute Gasteiger partial charge is 2.00 e. The van der Waals surface area contributed by atoms with Gasteiger partial charge in [-0.25, -0.2) is 0 Å². The summed E-state index contributed by atoms with van der Waals surface area (Å²) in [4.78, 5) is 8.89. The molecule has 0 aromatic heterocycles. The number of carboxylic acids is 1. The van der Waals surface area contributed by atoms with Crippen LogP contribution in [0.1, 0.15) is 6.92 Å². The Morgan fingerprint density at radius 2 is 1.67 bits per heavy atom. The normalized spacial score (nSPS) is 4.17. The van der Waals surface area contributed by atoms with Crippen molar-refractivity contribution in [3.05, 3.63) is 0 Å². The minimum atomic E-state index is -1.08. The quantitative estimate of drug-likeness (QED) is 0.510. The summed E-state index contributed by atoms with van der Waals surface area (Å²) in [5, 5.41) is 8.89. The SMILES string of the molecule is CC(=O)[O-].[Eu+2].[OH-]. The van der Waals surface area contributed by atoms with Gasteiger partial charge in [-0.2, -0.15) is 0 Å². The fraction of sp³-hybridized carbons (Fsp3) is 0.500. The molecular formula is C2H4EuO3. The number of carbonyl (C=O) groups is 1. The maximum absolute atomic E-state index is 8.89. The summed E-state index contributed by atoms with van der Waals surface area (Å²) >= 11 is 0. The molecule has 0 aliphatic heterocycles. The maximum atomic E-state index is 8.89. The minimum Gasteiger partial charge on any atom is -0.870 e. The zero-order valence-electron chi connectivity index (χ0n) is 3.14. The van der Waals surface area contributed by atoms with Gasteiger partial charge >= 0.3 is 49.4 Å². The van der Waals surface area contributed by atoms with Crippen LogP contribution in [-0.2, 0) is 4.79 Å². The predicted octanol–water partition coefficient (Wildman–Crippen LogP) is -1.42. The number of carboxylic acid groups (broad SMARTS) is 1. The molecule has 0 bridgehead atoms. The van der Waals surface area contributed by atoms with Crippen LogP contribution < -0.4 is 5.11 Å². The van der Waals surface area contributed by atoms with E-state index in [1.165, 1.54) is 0 Å². The second-order valence-electron chi connectivity index (χ2n) is 0.492. The van der Waals surface area contributed by atoms with Crippen LogP contribution in [-0.4, -0.2) is 11.4 Å². The molecule has 0 rings (SSSR count). The predicted molar refractivity (Wildman–Crippen MR) is 12.6 cm³/mol. The average molecular weight is 228 g/mol. The molecule has 1 N–H and O–H groups in total. The molecule has 0 amide bonds. The fourth-order valence-corrected chi connectivity index (χ4v) is 0. The molecule has 0 atom stereocenters. The van der Waals surface area contributed by atoms with Crippen molar-refractivity contribution in [2.45, 2.75) is 6.92 Å². The van der Waals surface area contributed by atoms with Crippen LogP contribution in [0.5, 0.6) is 0 Å². The molecular weight excluding hydrogens is 224 g/mol. The van der Waals surface area contributed by atoms with Gasteiger partial charge in [0.05, 0.1) is 0 Å². The molecule has 6 heavy (non-hydrogen) atoms. The van der Waals surface area contributed by atoms with Crippen LogP contribution in [0.25, 0.3) is 0 Å². The summed E-state index contributed by atoms with van der Waals surface area (Å²) in [6.07, 6.45) is 0. The first-order chi connectivity index (χ1) is 1.73. The van der Waals surface area contributed by atoms with Crippen molar-refractivity contribution in [1.82, 2.24) is 0 Å². The van der Waals surface area contributed by atoms with Crippen molar-refractivity contribution < 1.29 is 64.8 Å². The molecule has 37 valence electrons. The van der Waals surface area contributed by atoms with E-state index in [1.807, 2.05) is 0 Å². The van der Waals surface area contributed by atoms with E-state index in [4.69, 9.17) is 9.90 Å².